The van der Waals surface area contributed by atoms with Gasteiger partial charge in [0.1, 0.15) is 5.75 Å². The van der Waals surface area contributed by atoms with Gasteiger partial charge in [-0.3, -0.25) is 0 Å². The van der Waals surface area contributed by atoms with Crippen LogP contribution in [0.4, 0.5) is 5.69 Å². The highest BCUT2D eigenvalue weighted by molar-refractivity contribution is 5.56. The van der Waals surface area contributed by atoms with Crippen LogP contribution in [0.2, 0.25) is 0 Å². The Kier molecular flexibility index (Phi) is 4.11. The van der Waals surface area contributed by atoms with Crippen LogP contribution in [0.3, 0.4) is 0 Å². The third-order valence-corrected chi connectivity index (χ3v) is 3.96. The predicted octanol–water partition coefficient (Wildman–Crippen LogP) is 3.16. The molecule has 3 rings (SSSR count). The lowest BCUT2D eigenvalue weighted by Crippen LogP contribution is -2.32. The number of para-hydroxylation sites is 1. The molecule has 1 aliphatic rings. The first kappa shape index (κ1) is 14.0. The fourth-order valence-corrected chi connectivity index (χ4v) is 3.01. The molecule has 2 aromatic carbocycles. The molecule has 1 atom stereocenters. The molecule has 0 spiro atoms. The van der Waals surface area contributed by atoms with E-state index in [0.29, 0.717) is 6.04 Å². The molecule has 0 bridgehead atoms. The van der Waals surface area contributed by atoms with Gasteiger partial charge in [-0.25, -0.2) is 0 Å². The van der Waals surface area contributed by atoms with Crippen molar-refractivity contribution in [2.45, 2.75) is 19.0 Å². The Bertz CT molecular complexity index is 587. The van der Waals surface area contributed by atoms with E-state index in [0.717, 1.165) is 25.3 Å². The fourth-order valence-electron chi connectivity index (χ4n) is 3.01. The summed E-state index contributed by atoms with van der Waals surface area (Å²) in [5.74, 6) is 0.923. The number of benzene rings is 2. The van der Waals surface area contributed by atoms with E-state index in [-0.39, 0.29) is 0 Å². The molecule has 0 saturated heterocycles. The van der Waals surface area contributed by atoms with Gasteiger partial charge >= 0.3 is 0 Å². The summed E-state index contributed by atoms with van der Waals surface area (Å²) in [6, 6.07) is 17.4. The Hall–Kier alpha value is -2.00. The Morgan fingerprint density at radius 3 is 2.86 bits per heavy atom. The number of nitrogens with zero attached hydrogens (tertiary/aromatic N) is 1. The monoisotopic (exact) mass is 282 g/mol. The quantitative estimate of drug-likeness (QED) is 0.911. The zero-order chi connectivity index (χ0) is 14.7. The van der Waals surface area contributed by atoms with E-state index >= 15 is 0 Å². The second-order valence-electron chi connectivity index (χ2n) is 5.75. The SMILES string of the molecule is COc1cccc(CN(C)CC2Cc3ccccc3N2)c1. The molecule has 1 unspecified atom stereocenters. The minimum atomic E-state index is 0.498. The standard InChI is InChI=1S/C18H22N2O/c1-20(12-14-6-5-8-17(10-14)21-2)13-16-11-15-7-3-4-9-18(15)19-16/h3-10,16,19H,11-13H2,1-2H3. The van der Waals surface area contributed by atoms with Crippen LogP contribution in [0, 0.1) is 0 Å². The predicted molar refractivity (Wildman–Crippen MR) is 86.9 cm³/mol. The molecule has 3 nitrogen and oxygen atoms in total. The van der Waals surface area contributed by atoms with Gasteiger partial charge in [0.15, 0.2) is 0 Å². The van der Waals surface area contributed by atoms with Crippen molar-refractivity contribution in [3.63, 3.8) is 0 Å². The summed E-state index contributed by atoms with van der Waals surface area (Å²) >= 11 is 0. The van der Waals surface area contributed by atoms with Crippen molar-refractivity contribution >= 4 is 5.69 Å². The molecular formula is C18H22N2O. The smallest absolute Gasteiger partial charge is 0.119 e. The Labute approximate surface area is 126 Å². The summed E-state index contributed by atoms with van der Waals surface area (Å²) in [6.45, 7) is 1.97. The van der Waals surface area contributed by atoms with Crippen molar-refractivity contribution in [1.82, 2.24) is 4.90 Å². The van der Waals surface area contributed by atoms with Crippen LogP contribution in [0.15, 0.2) is 48.5 Å². The van der Waals surface area contributed by atoms with Gasteiger partial charge in [-0.2, -0.15) is 0 Å². The van der Waals surface area contributed by atoms with Crippen molar-refractivity contribution in [3.05, 3.63) is 59.7 Å². The average molecular weight is 282 g/mol. The molecule has 1 heterocycles. The Morgan fingerprint density at radius 2 is 2.05 bits per heavy atom. The Balaban J connectivity index is 1.56. The van der Waals surface area contributed by atoms with Gasteiger partial charge in [0, 0.05) is 24.8 Å². The summed E-state index contributed by atoms with van der Waals surface area (Å²) in [6.07, 6.45) is 1.11. The number of hydrogen-bond acceptors (Lipinski definition) is 3. The molecule has 21 heavy (non-hydrogen) atoms. The van der Waals surface area contributed by atoms with Crippen molar-refractivity contribution in [3.8, 4) is 5.75 Å². The molecule has 0 fully saturated rings. The van der Waals surface area contributed by atoms with Crippen LogP contribution in [-0.4, -0.2) is 31.6 Å². The molecule has 0 saturated carbocycles. The molecule has 0 amide bonds. The van der Waals surface area contributed by atoms with Gasteiger partial charge in [0.2, 0.25) is 0 Å². The highest BCUT2D eigenvalue weighted by Gasteiger charge is 2.20. The number of likely N-dealkylation sites (N-methyl/N-ethyl adjacent to an activating group) is 1. The van der Waals surface area contributed by atoms with E-state index in [1.807, 2.05) is 12.1 Å². The van der Waals surface area contributed by atoms with Gasteiger partial charge in [0.25, 0.3) is 0 Å². The normalized spacial score (nSPS) is 16.6. The number of ether oxygens (including phenoxy) is 1. The van der Waals surface area contributed by atoms with E-state index in [1.54, 1.807) is 7.11 Å². The second kappa shape index (κ2) is 6.19. The first-order chi connectivity index (χ1) is 10.2. The van der Waals surface area contributed by atoms with Crippen LogP contribution < -0.4 is 10.1 Å². The molecule has 1 N–H and O–H groups in total. The van der Waals surface area contributed by atoms with Crippen molar-refractivity contribution in [1.29, 1.82) is 0 Å². The van der Waals surface area contributed by atoms with Crippen LogP contribution in [-0.2, 0) is 13.0 Å². The second-order valence-corrected chi connectivity index (χ2v) is 5.75. The average Bonchev–Trinajstić information content (AvgIpc) is 2.89. The van der Waals surface area contributed by atoms with E-state index in [4.69, 9.17) is 4.74 Å². The lowest BCUT2D eigenvalue weighted by molar-refractivity contribution is 0.312. The first-order valence-corrected chi connectivity index (χ1v) is 7.40. The highest BCUT2D eigenvalue weighted by atomic mass is 16.5. The first-order valence-electron chi connectivity index (χ1n) is 7.40. The lowest BCUT2D eigenvalue weighted by Gasteiger charge is -2.21. The maximum atomic E-state index is 5.28. The van der Waals surface area contributed by atoms with Crippen molar-refractivity contribution < 1.29 is 4.74 Å². The van der Waals surface area contributed by atoms with E-state index in [1.165, 1.54) is 16.8 Å². The van der Waals surface area contributed by atoms with Crippen molar-refractivity contribution in [2.75, 3.05) is 26.0 Å². The summed E-state index contributed by atoms with van der Waals surface area (Å²) < 4.78 is 5.28. The molecule has 0 aromatic heterocycles. The number of nitrogens with one attached hydrogen (secondary N) is 1. The molecule has 110 valence electrons. The molecule has 3 heteroatoms. The summed E-state index contributed by atoms with van der Waals surface area (Å²) in [5.41, 5.74) is 4.00. The number of rotatable bonds is 5. The number of fused-ring (bicyclic) bond motifs is 1. The van der Waals surface area contributed by atoms with E-state index in [2.05, 4.69) is 53.7 Å². The molecular weight excluding hydrogens is 260 g/mol. The third-order valence-electron chi connectivity index (χ3n) is 3.96. The van der Waals surface area contributed by atoms with Gasteiger partial charge in [-0.1, -0.05) is 30.3 Å². The van der Waals surface area contributed by atoms with Gasteiger partial charge < -0.3 is 15.0 Å². The molecule has 0 aliphatic carbocycles. The zero-order valence-electron chi connectivity index (χ0n) is 12.7. The van der Waals surface area contributed by atoms with Gasteiger partial charge in [0.05, 0.1) is 7.11 Å². The van der Waals surface area contributed by atoms with Crippen LogP contribution >= 0.6 is 0 Å². The summed E-state index contributed by atoms with van der Waals surface area (Å²) in [7, 11) is 3.88. The number of hydrogen-bond donors (Lipinski definition) is 1. The minimum Gasteiger partial charge on any atom is -0.497 e. The largest absolute Gasteiger partial charge is 0.497 e. The van der Waals surface area contributed by atoms with Gasteiger partial charge in [-0.15, -0.1) is 0 Å². The lowest BCUT2D eigenvalue weighted by atomic mass is 10.1. The topological polar surface area (TPSA) is 24.5 Å². The van der Waals surface area contributed by atoms with Gasteiger partial charge in [-0.05, 0) is 42.8 Å². The molecule has 1 aliphatic heterocycles. The van der Waals surface area contributed by atoms with Crippen LogP contribution in [0.1, 0.15) is 11.1 Å². The van der Waals surface area contributed by atoms with Crippen LogP contribution in [0.25, 0.3) is 0 Å². The fraction of sp³-hybridized carbons (Fsp3) is 0.333. The number of anilines is 1. The van der Waals surface area contributed by atoms with E-state index < -0.39 is 0 Å². The number of methoxy groups -OCH3 is 1. The maximum Gasteiger partial charge on any atom is 0.119 e. The summed E-state index contributed by atoms with van der Waals surface area (Å²) in [4.78, 5) is 2.36. The zero-order valence-corrected chi connectivity index (χ0v) is 12.7. The molecule has 2 aromatic rings. The van der Waals surface area contributed by atoms with Crippen molar-refractivity contribution in [2.24, 2.45) is 0 Å². The Morgan fingerprint density at radius 1 is 1.19 bits per heavy atom. The van der Waals surface area contributed by atoms with Crippen LogP contribution in [0.5, 0.6) is 5.75 Å². The minimum absolute atomic E-state index is 0.498. The molecule has 0 radical (unpaired) electrons. The third kappa shape index (κ3) is 3.37. The summed E-state index contributed by atoms with van der Waals surface area (Å²) in [5, 5.41) is 3.61. The maximum absolute atomic E-state index is 5.28. The van der Waals surface area contributed by atoms with E-state index in [9.17, 15) is 0 Å². The highest BCUT2D eigenvalue weighted by Crippen LogP contribution is 2.25.